The van der Waals surface area contributed by atoms with Crippen molar-refractivity contribution in [3.63, 3.8) is 0 Å². The number of rotatable bonds is 6. The van der Waals surface area contributed by atoms with Crippen LogP contribution in [0.4, 0.5) is 5.69 Å². The van der Waals surface area contributed by atoms with Gasteiger partial charge in [0.15, 0.2) is 0 Å². The Labute approximate surface area is 150 Å². The van der Waals surface area contributed by atoms with E-state index in [1.54, 1.807) is 4.90 Å². The van der Waals surface area contributed by atoms with Crippen molar-refractivity contribution in [3.8, 4) is 5.75 Å². The number of piperidine rings is 1. The second-order valence-electron chi connectivity index (χ2n) is 7.12. The van der Waals surface area contributed by atoms with Crippen molar-refractivity contribution >= 4 is 17.5 Å². The first-order valence-electron chi connectivity index (χ1n) is 9.20. The zero-order valence-corrected chi connectivity index (χ0v) is 15.8. The maximum atomic E-state index is 12.5. The lowest BCUT2D eigenvalue weighted by Gasteiger charge is -2.31. The van der Waals surface area contributed by atoms with Crippen molar-refractivity contribution in [1.82, 2.24) is 4.90 Å². The number of carbonyl (C=O) groups excluding carboxylic acids is 2. The molecule has 1 aromatic carbocycles. The van der Waals surface area contributed by atoms with E-state index in [2.05, 4.69) is 6.92 Å². The normalized spacial score (nSPS) is 15.3. The summed E-state index contributed by atoms with van der Waals surface area (Å²) in [6.45, 7) is 9.69. The van der Waals surface area contributed by atoms with E-state index in [-0.39, 0.29) is 17.9 Å². The number of para-hydroxylation sites is 2. The number of anilines is 1. The van der Waals surface area contributed by atoms with Crippen molar-refractivity contribution in [1.29, 1.82) is 0 Å². The zero-order chi connectivity index (χ0) is 18.4. The van der Waals surface area contributed by atoms with Crippen molar-refractivity contribution in [2.24, 2.45) is 5.92 Å². The third kappa shape index (κ3) is 5.48. The topological polar surface area (TPSA) is 49.9 Å². The molecule has 0 spiro atoms. The van der Waals surface area contributed by atoms with Crippen LogP contribution in [-0.2, 0) is 9.59 Å². The largest absolute Gasteiger partial charge is 0.489 e. The van der Waals surface area contributed by atoms with Crippen LogP contribution in [0.15, 0.2) is 24.3 Å². The Kier molecular flexibility index (Phi) is 6.85. The average molecular weight is 346 g/mol. The lowest BCUT2D eigenvalue weighted by Crippen LogP contribution is -2.40. The van der Waals surface area contributed by atoms with E-state index in [0.29, 0.717) is 24.6 Å². The Balaban J connectivity index is 2.04. The van der Waals surface area contributed by atoms with E-state index < -0.39 is 0 Å². The molecule has 2 amide bonds. The monoisotopic (exact) mass is 346 g/mol. The van der Waals surface area contributed by atoms with Gasteiger partial charge >= 0.3 is 0 Å². The van der Waals surface area contributed by atoms with Crippen LogP contribution in [0.1, 0.15) is 47.0 Å². The molecule has 1 fully saturated rings. The molecule has 1 saturated heterocycles. The number of hydrogen-bond donors (Lipinski definition) is 0. The summed E-state index contributed by atoms with van der Waals surface area (Å²) < 4.78 is 5.82. The van der Waals surface area contributed by atoms with Gasteiger partial charge in [-0.2, -0.15) is 0 Å². The van der Waals surface area contributed by atoms with Gasteiger partial charge < -0.3 is 14.5 Å². The predicted molar refractivity (Wildman–Crippen MR) is 99.8 cm³/mol. The molecule has 138 valence electrons. The predicted octanol–water partition coefficient (Wildman–Crippen LogP) is 3.48. The molecule has 1 aromatic rings. The minimum Gasteiger partial charge on any atom is -0.489 e. The van der Waals surface area contributed by atoms with Gasteiger partial charge in [-0.25, -0.2) is 0 Å². The van der Waals surface area contributed by atoms with Crippen molar-refractivity contribution in [2.45, 2.75) is 53.1 Å². The Morgan fingerprint density at radius 1 is 1.24 bits per heavy atom. The van der Waals surface area contributed by atoms with Gasteiger partial charge in [-0.15, -0.1) is 0 Å². The number of benzene rings is 1. The van der Waals surface area contributed by atoms with Gasteiger partial charge in [0.2, 0.25) is 11.8 Å². The van der Waals surface area contributed by atoms with Gasteiger partial charge in [-0.1, -0.05) is 19.1 Å². The number of likely N-dealkylation sites (tertiary alicyclic amines) is 1. The fourth-order valence-corrected chi connectivity index (χ4v) is 3.10. The summed E-state index contributed by atoms with van der Waals surface area (Å²) in [7, 11) is 0. The summed E-state index contributed by atoms with van der Waals surface area (Å²) >= 11 is 0. The maximum Gasteiger partial charge on any atom is 0.224 e. The molecule has 0 aliphatic carbocycles. The molecule has 1 aliphatic heterocycles. The van der Waals surface area contributed by atoms with Crippen LogP contribution in [0.25, 0.3) is 0 Å². The SMILES string of the molecule is CC(=O)N(CCC(=O)N1CCC(C)CC1)c1ccccc1OC(C)C. The fourth-order valence-electron chi connectivity index (χ4n) is 3.10. The second kappa shape index (κ2) is 8.88. The molecule has 0 atom stereocenters. The molecule has 5 heteroatoms. The van der Waals surface area contributed by atoms with Crippen LogP contribution < -0.4 is 9.64 Å². The summed E-state index contributed by atoms with van der Waals surface area (Å²) in [5, 5.41) is 0. The van der Waals surface area contributed by atoms with Gasteiger partial charge in [0.25, 0.3) is 0 Å². The van der Waals surface area contributed by atoms with Gasteiger partial charge in [0.1, 0.15) is 5.75 Å². The van der Waals surface area contributed by atoms with Crippen molar-refractivity contribution < 1.29 is 14.3 Å². The molecule has 0 bridgehead atoms. The lowest BCUT2D eigenvalue weighted by atomic mass is 9.99. The Bertz CT molecular complexity index is 592. The first-order chi connectivity index (χ1) is 11.9. The number of ether oxygens (including phenoxy) is 1. The molecule has 0 saturated carbocycles. The Morgan fingerprint density at radius 3 is 2.48 bits per heavy atom. The highest BCUT2D eigenvalue weighted by atomic mass is 16.5. The van der Waals surface area contributed by atoms with E-state index in [1.165, 1.54) is 6.92 Å². The van der Waals surface area contributed by atoms with Gasteiger partial charge in [0, 0.05) is 33.0 Å². The third-order valence-electron chi connectivity index (χ3n) is 4.58. The van der Waals surface area contributed by atoms with Crippen LogP contribution >= 0.6 is 0 Å². The standard InChI is InChI=1S/C20H30N2O3/c1-15(2)25-19-8-6-5-7-18(19)22(17(4)23)14-11-20(24)21-12-9-16(3)10-13-21/h5-8,15-16H,9-14H2,1-4H3. The minimum atomic E-state index is -0.0835. The third-order valence-corrected chi connectivity index (χ3v) is 4.58. The van der Waals surface area contributed by atoms with Crippen molar-refractivity contribution in [3.05, 3.63) is 24.3 Å². The number of amides is 2. The highest BCUT2D eigenvalue weighted by molar-refractivity contribution is 5.93. The first kappa shape index (κ1) is 19.3. The van der Waals surface area contributed by atoms with Crippen LogP contribution in [-0.4, -0.2) is 42.5 Å². The first-order valence-corrected chi connectivity index (χ1v) is 9.20. The number of hydrogen-bond acceptors (Lipinski definition) is 3. The maximum absolute atomic E-state index is 12.5. The van der Waals surface area contributed by atoms with Crippen LogP contribution in [0.3, 0.4) is 0 Å². The van der Waals surface area contributed by atoms with E-state index in [0.717, 1.165) is 31.6 Å². The highest BCUT2D eigenvalue weighted by Gasteiger charge is 2.22. The van der Waals surface area contributed by atoms with E-state index in [4.69, 9.17) is 4.74 Å². The van der Waals surface area contributed by atoms with E-state index in [9.17, 15) is 9.59 Å². The van der Waals surface area contributed by atoms with E-state index >= 15 is 0 Å². The molecule has 2 rings (SSSR count). The quantitative estimate of drug-likeness (QED) is 0.792. The molecule has 1 heterocycles. The smallest absolute Gasteiger partial charge is 0.224 e. The van der Waals surface area contributed by atoms with Gasteiger partial charge in [-0.05, 0) is 44.7 Å². The van der Waals surface area contributed by atoms with Crippen LogP contribution in [0, 0.1) is 5.92 Å². The molecule has 5 nitrogen and oxygen atoms in total. The molecule has 25 heavy (non-hydrogen) atoms. The highest BCUT2D eigenvalue weighted by Crippen LogP contribution is 2.29. The zero-order valence-electron chi connectivity index (χ0n) is 15.8. The van der Waals surface area contributed by atoms with Crippen molar-refractivity contribution in [2.75, 3.05) is 24.5 Å². The minimum absolute atomic E-state index is 0.0203. The van der Waals surface area contributed by atoms with Crippen LogP contribution in [0.2, 0.25) is 0 Å². The molecule has 0 aromatic heterocycles. The van der Waals surface area contributed by atoms with Gasteiger partial charge in [0.05, 0.1) is 11.8 Å². The molecular formula is C20H30N2O3. The van der Waals surface area contributed by atoms with Gasteiger partial charge in [-0.3, -0.25) is 9.59 Å². The molecule has 1 aliphatic rings. The second-order valence-corrected chi connectivity index (χ2v) is 7.12. The Hall–Kier alpha value is -2.04. The molecular weight excluding hydrogens is 316 g/mol. The summed E-state index contributed by atoms with van der Waals surface area (Å²) in [5.41, 5.74) is 0.726. The molecule has 0 radical (unpaired) electrons. The lowest BCUT2D eigenvalue weighted by molar-refractivity contribution is -0.132. The van der Waals surface area contributed by atoms with E-state index in [1.807, 2.05) is 43.0 Å². The Morgan fingerprint density at radius 2 is 1.88 bits per heavy atom. The average Bonchev–Trinajstić information content (AvgIpc) is 2.56. The summed E-state index contributed by atoms with van der Waals surface area (Å²) in [6.07, 6.45) is 2.48. The summed E-state index contributed by atoms with van der Waals surface area (Å²) in [5.74, 6) is 1.41. The number of nitrogens with zero attached hydrogens (tertiary/aromatic N) is 2. The molecule has 0 N–H and O–H groups in total. The fraction of sp³-hybridized carbons (Fsp3) is 0.600. The van der Waals surface area contributed by atoms with Crippen LogP contribution in [0.5, 0.6) is 5.75 Å². The summed E-state index contributed by atoms with van der Waals surface area (Å²) in [6, 6.07) is 7.50. The number of carbonyl (C=O) groups is 2. The summed E-state index contributed by atoms with van der Waals surface area (Å²) in [4.78, 5) is 28.2. The molecule has 0 unspecified atom stereocenters.